The number of benzene rings is 2. The van der Waals surface area contributed by atoms with E-state index in [0.29, 0.717) is 5.82 Å². The van der Waals surface area contributed by atoms with Gasteiger partial charge in [-0.2, -0.15) is 4.68 Å². The van der Waals surface area contributed by atoms with Crippen molar-refractivity contribution in [1.82, 2.24) is 20.2 Å². The lowest BCUT2D eigenvalue weighted by atomic mass is 10.1. The van der Waals surface area contributed by atoms with E-state index in [1.165, 1.54) is 0 Å². The summed E-state index contributed by atoms with van der Waals surface area (Å²) in [5, 5.41) is 12.0. The van der Waals surface area contributed by atoms with Gasteiger partial charge in [-0.25, -0.2) is 0 Å². The molecule has 1 heterocycles. The van der Waals surface area contributed by atoms with E-state index in [2.05, 4.69) is 31.5 Å². The zero-order valence-electron chi connectivity index (χ0n) is 10.8. The van der Waals surface area contributed by atoms with Gasteiger partial charge in [0.1, 0.15) is 0 Å². The van der Waals surface area contributed by atoms with E-state index in [4.69, 9.17) is 5.73 Å². The molecule has 1 aromatic heterocycles. The Hall–Kier alpha value is -2.21. The Bertz CT molecular complexity index is 766. The van der Waals surface area contributed by atoms with Gasteiger partial charge in [0.05, 0.1) is 5.69 Å². The number of nitrogens with two attached hydrogens (primary N) is 1. The van der Waals surface area contributed by atoms with Crippen LogP contribution < -0.4 is 5.73 Å². The highest BCUT2D eigenvalue weighted by Gasteiger charge is 2.13. The van der Waals surface area contributed by atoms with Crippen molar-refractivity contribution in [3.05, 3.63) is 52.5 Å². The fourth-order valence-corrected chi connectivity index (χ4v) is 2.46. The van der Waals surface area contributed by atoms with Gasteiger partial charge < -0.3 is 5.73 Å². The van der Waals surface area contributed by atoms with E-state index in [0.717, 1.165) is 27.0 Å². The van der Waals surface area contributed by atoms with Crippen LogP contribution in [0.25, 0.3) is 17.1 Å². The second-order valence-electron chi connectivity index (χ2n) is 4.47. The number of nitrogen functional groups attached to an aromatic ring is 1. The van der Waals surface area contributed by atoms with E-state index in [9.17, 15) is 0 Å². The van der Waals surface area contributed by atoms with Crippen molar-refractivity contribution < 1.29 is 0 Å². The van der Waals surface area contributed by atoms with Gasteiger partial charge >= 0.3 is 0 Å². The minimum absolute atomic E-state index is 0.695. The van der Waals surface area contributed by atoms with Gasteiger partial charge in [-0.15, -0.1) is 5.10 Å². The molecule has 0 saturated carbocycles. The van der Waals surface area contributed by atoms with Gasteiger partial charge in [-0.3, -0.25) is 0 Å². The minimum Gasteiger partial charge on any atom is -0.399 e. The molecule has 3 aromatic rings. The second kappa shape index (κ2) is 5.05. The topological polar surface area (TPSA) is 69.6 Å². The Kier molecular flexibility index (Phi) is 3.23. The molecular weight excluding hydrogens is 318 g/mol. The molecule has 6 heteroatoms. The zero-order chi connectivity index (χ0) is 14.1. The maximum atomic E-state index is 5.79. The van der Waals surface area contributed by atoms with Crippen molar-refractivity contribution in [2.24, 2.45) is 0 Å². The van der Waals surface area contributed by atoms with Gasteiger partial charge in [0.2, 0.25) is 0 Å². The van der Waals surface area contributed by atoms with Crippen molar-refractivity contribution in [2.45, 2.75) is 6.92 Å². The maximum absolute atomic E-state index is 5.79. The van der Waals surface area contributed by atoms with E-state index in [1.54, 1.807) is 4.68 Å². The van der Waals surface area contributed by atoms with Crippen molar-refractivity contribution in [1.29, 1.82) is 0 Å². The summed E-state index contributed by atoms with van der Waals surface area (Å²) < 4.78 is 2.69. The highest BCUT2D eigenvalue weighted by atomic mass is 79.9. The molecule has 100 valence electrons. The lowest BCUT2D eigenvalue weighted by Crippen LogP contribution is -2.01. The normalized spacial score (nSPS) is 10.7. The van der Waals surface area contributed by atoms with Crippen LogP contribution in [0.5, 0.6) is 0 Å². The van der Waals surface area contributed by atoms with Crippen LogP contribution in [0.15, 0.2) is 46.9 Å². The fraction of sp³-hybridized carbons (Fsp3) is 0.0714. The molecule has 0 aliphatic carbocycles. The van der Waals surface area contributed by atoms with Crippen LogP contribution in [-0.4, -0.2) is 20.2 Å². The predicted octanol–water partition coefficient (Wildman–Crippen LogP) is 2.98. The first-order chi connectivity index (χ1) is 9.65. The highest BCUT2D eigenvalue weighted by molar-refractivity contribution is 9.10. The second-order valence-corrected chi connectivity index (χ2v) is 5.38. The summed E-state index contributed by atoms with van der Waals surface area (Å²) in [5.41, 5.74) is 9.41. The van der Waals surface area contributed by atoms with Crippen LogP contribution in [-0.2, 0) is 0 Å². The van der Waals surface area contributed by atoms with Crippen molar-refractivity contribution in [3.8, 4) is 17.1 Å². The third-order valence-electron chi connectivity index (χ3n) is 3.01. The third-order valence-corrected chi connectivity index (χ3v) is 3.51. The SMILES string of the molecule is Cc1cc(N)ccc1-c1nnnn1-c1cccc(Br)c1. The molecule has 0 saturated heterocycles. The molecule has 0 fully saturated rings. The van der Waals surface area contributed by atoms with Crippen LogP contribution in [0.2, 0.25) is 0 Å². The third kappa shape index (κ3) is 2.30. The number of hydrogen-bond donors (Lipinski definition) is 1. The summed E-state index contributed by atoms with van der Waals surface area (Å²) in [6.45, 7) is 1.99. The molecule has 0 aliphatic rings. The maximum Gasteiger partial charge on any atom is 0.187 e. The molecule has 20 heavy (non-hydrogen) atoms. The summed E-state index contributed by atoms with van der Waals surface area (Å²) in [7, 11) is 0. The molecule has 0 amide bonds. The summed E-state index contributed by atoms with van der Waals surface area (Å²) in [6.07, 6.45) is 0. The van der Waals surface area contributed by atoms with Crippen molar-refractivity contribution >= 4 is 21.6 Å². The molecule has 2 N–H and O–H groups in total. The number of nitrogens with zero attached hydrogens (tertiary/aromatic N) is 4. The van der Waals surface area contributed by atoms with E-state index < -0.39 is 0 Å². The first kappa shape index (κ1) is 12.8. The number of anilines is 1. The Morgan fingerprint density at radius 3 is 2.75 bits per heavy atom. The van der Waals surface area contributed by atoms with Gasteiger partial charge in [-0.1, -0.05) is 22.0 Å². The number of aryl methyl sites for hydroxylation is 1. The molecule has 0 aliphatic heterocycles. The standard InChI is InChI=1S/C14H12BrN5/c1-9-7-11(16)5-6-13(9)14-17-18-19-20(14)12-4-2-3-10(15)8-12/h2-8H,16H2,1H3. The Morgan fingerprint density at radius 2 is 2.00 bits per heavy atom. The van der Waals surface area contributed by atoms with Crippen LogP contribution in [0, 0.1) is 6.92 Å². The minimum atomic E-state index is 0.695. The van der Waals surface area contributed by atoms with E-state index >= 15 is 0 Å². The molecular formula is C14H12BrN5. The smallest absolute Gasteiger partial charge is 0.187 e. The highest BCUT2D eigenvalue weighted by Crippen LogP contribution is 2.25. The molecule has 0 radical (unpaired) electrons. The molecule has 3 rings (SSSR count). The van der Waals surface area contributed by atoms with Gasteiger partial charge in [-0.05, 0) is 59.3 Å². The zero-order valence-corrected chi connectivity index (χ0v) is 12.4. The van der Waals surface area contributed by atoms with Crippen molar-refractivity contribution in [2.75, 3.05) is 5.73 Å². The van der Waals surface area contributed by atoms with E-state index in [-0.39, 0.29) is 0 Å². The molecule has 0 spiro atoms. The molecule has 0 bridgehead atoms. The molecule has 0 unspecified atom stereocenters. The Balaban J connectivity index is 2.15. The lowest BCUT2D eigenvalue weighted by Gasteiger charge is -2.08. The largest absolute Gasteiger partial charge is 0.399 e. The monoisotopic (exact) mass is 329 g/mol. The summed E-state index contributed by atoms with van der Waals surface area (Å²) in [5.74, 6) is 0.695. The summed E-state index contributed by atoms with van der Waals surface area (Å²) in [4.78, 5) is 0. The molecule has 0 atom stereocenters. The number of tetrazole rings is 1. The van der Waals surface area contributed by atoms with Gasteiger partial charge in [0.15, 0.2) is 5.82 Å². The average Bonchev–Trinajstić information content (AvgIpc) is 2.87. The molecule has 2 aromatic carbocycles. The van der Waals surface area contributed by atoms with Crippen LogP contribution in [0.3, 0.4) is 0 Å². The molecule has 5 nitrogen and oxygen atoms in total. The van der Waals surface area contributed by atoms with Crippen molar-refractivity contribution in [3.63, 3.8) is 0 Å². The van der Waals surface area contributed by atoms with Gasteiger partial charge in [0.25, 0.3) is 0 Å². The van der Waals surface area contributed by atoms with Crippen LogP contribution >= 0.6 is 15.9 Å². The number of hydrogen-bond acceptors (Lipinski definition) is 4. The lowest BCUT2D eigenvalue weighted by molar-refractivity contribution is 0.791. The quantitative estimate of drug-likeness (QED) is 0.734. The van der Waals surface area contributed by atoms with Crippen LogP contribution in [0.1, 0.15) is 5.56 Å². The number of halogens is 1. The van der Waals surface area contributed by atoms with E-state index in [1.807, 2.05) is 49.4 Å². The summed E-state index contributed by atoms with van der Waals surface area (Å²) >= 11 is 3.45. The first-order valence-electron chi connectivity index (χ1n) is 6.06. The Labute approximate surface area is 124 Å². The fourth-order valence-electron chi connectivity index (χ4n) is 2.07. The average molecular weight is 330 g/mol. The summed E-state index contributed by atoms with van der Waals surface area (Å²) in [6, 6.07) is 13.5. The van der Waals surface area contributed by atoms with Gasteiger partial charge in [0, 0.05) is 15.7 Å². The predicted molar refractivity (Wildman–Crippen MR) is 81.4 cm³/mol. The number of aromatic nitrogens is 4. The van der Waals surface area contributed by atoms with Crippen LogP contribution in [0.4, 0.5) is 5.69 Å². The Morgan fingerprint density at radius 1 is 1.15 bits per heavy atom. The number of rotatable bonds is 2. The first-order valence-corrected chi connectivity index (χ1v) is 6.85.